The van der Waals surface area contributed by atoms with Crippen LogP contribution >= 0.6 is 15.9 Å². The number of hydrogen-bond donors (Lipinski definition) is 3. The summed E-state index contributed by atoms with van der Waals surface area (Å²) < 4.78 is 11.6. The molecule has 0 saturated carbocycles. The van der Waals surface area contributed by atoms with E-state index in [1.807, 2.05) is 6.92 Å². The van der Waals surface area contributed by atoms with Crippen LogP contribution in [-0.2, 0) is 4.79 Å². The van der Waals surface area contributed by atoms with E-state index in [9.17, 15) is 9.59 Å². The second kappa shape index (κ2) is 8.39. The lowest BCUT2D eigenvalue weighted by Gasteiger charge is -2.15. The van der Waals surface area contributed by atoms with E-state index in [1.165, 1.54) is 0 Å². The lowest BCUT2D eigenvalue weighted by molar-refractivity contribution is -0.128. The zero-order valence-corrected chi connectivity index (χ0v) is 14.8. The molecule has 0 aliphatic carbocycles. The van der Waals surface area contributed by atoms with Gasteiger partial charge in [0.25, 0.3) is 11.8 Å². The summed E-state index contributed by atoms with van der Waals surface area (Å²) in [6, 6.07) is 8.54. The van der Waals surface area contributed by atoms with E-state index in [1.54, 1.807) is 43.5 Å². The Morgan fingerprint density at radius 1 is 1.21 bits per heavy atom. The summed E-state index contributed by atoms with van der Waals surface area (Å²) in [5.74, 6) is 0.331. The summed E-state index contributed by atoms with van der Waals surface area (Å²) in [5, 5.41) is 0. The minimum absolute atomic E-state index is 0.322. The molecule has 0 fully saturated rings. The number of rotatable bonds is 6. The quantitative estimate of drug-likeness (QED) is 0.654. The lowest BCUT2D eigenvalue weighted by atomic mass is 10.3. The predicted molar refractivity (Wildman–Crippen MR) is 91.8 cm³/mol. The van der Waals surface area contributed by atoms with Crippen molar-refractivity contribution in [3.05, 3.63) is 46.7 Å². The van der Waals surface area contributed by atoms with Crippen molar-refractivity contribution in [3.8, 4) is 11.5 Å². The normalized spacial score (nSPS) is 11.5. The van der Waals surface area contributed by atoms with Crippen molar-refractivity contribution in [2.45, 2.75) is 20.0 Å². The third-order valence-corrected chi connectivity index (χ3v) is 3.47. The Morgan fingerprint density at radius 2 is 1.88 bits per heavy atom. The zero-order chi connectivity index (χ0) is 17.5. The molecular formula is C16H18BrN3O4. The number of nitrogens with one attached hydrogen (secondary N) is 3. The second-order valence-electron chi connectivity index (χ2n) is 4.84. The molecule has 2 rings (SSSR count). The number of benzene rings is 1. The summed E-state index contributed by atoms with van der Waals surface area (Å²) in [7, 11) is 0. The van der Waals surface area contributed by atoms with Crippen LogP contribution in [0.5, 0.6) is 11.5 Å². The van der Waals surface area contributed by atoms with Crippen molar-refractivity contribution in [2.24, 2.45) is 0 Å². The molecule has 0 saturated heterocycles. The van der Waals surface area contributed by atoms with Crippen LogP contribution < -0.4 is 20.3 Å². The molecule has 128 valence electrons. The topological polar surface area (TPSA) is 92.4 Å². The van der Waals surface area contributed by atoms with E-state index in [4.69, 9.17) is 9.47 Å². The first-order valence-corrected chi connectivity index (χ1v) is 8.12. The summed E-state index contributed by atoms with van der Waals surface area (Å²) in [5.41, 5.74) is 4.95. The first kappa shape index (κ1) is 17.9. The van der Waals surface area contributed by atoms with Gasteiger partial charge in [-0.15, -0.1) is 0 Å². The van der Waals surface area contributed by atoms with E-state index < -0.39 is 17.9 Å². The van der Waals surface area contributed by atoms with Gasteiger partial charge in [0.15, 0.2) is 6.10 Å². The van der Waals surface area contributed by atoms with Crippen LogP contribution in [0.2, 0.25) is 0 Å². The smallest absolute Gasteiger partial charge is 0.286 e. The molecule has 1 aromatic heterocycles. The Hall–Kier alpha value is -2.48. The highest BCUT2D eigenvalue weighted by molar-refractivity contribution is 9.10. The number of aromatic nitrogens is 1. The van der Waals surface area contributed by atoms with Gasteiger partial charge in [-0.3, -0.25) is 20.4 Å². The fourth-order valence-electron chi connectivity index (χ4n) is 1.83. The molecule has 0 aliphatic heterocycles. The standard InChI is InChI=1S/C16H18BrN3O4/c1-3-23-12-4-6-13(7-5-12)24-10(2)15(21)19-20-16(22)14-8-11(17)9-18-14/h4-10,18H,3H2,1-2H3,(H,19,21)(H,20,22). The van der Waals surface area contributed by atoms with Crippen molar-refractivity contribution >= 4 is 27.7 Å². The zero-order valence-electron chi connectivity index (χ0n) is 13.3. The lowest BCUT2D eigenvalue weighted by Crippen LogP contribution is -2.47. The third-order valence-electron chi connectivity index (χ3n) is 3.01. The largest absolute Gasteiger partial charge is 0.494 e. The Bertz CT molecular complexity index is 700. The Kier molecular flexibility index (Phi) is 6.25. The van der Waals surface area contributed by atoms with Gasteiger partial charge in [0.05, 0.1) is 6.61 Å². The number of amides is 2. The maximum atomic E-state index is 12.0. The van der Waals surface area contributed by atoms with E-state index >= 15 is 0 Å². The van der Waals surface area contributed by atoms with Crippen molar-refractivity contribution in [3.63, 3.8) is 0 Å². The molecular weight excluding hydrogens is 378 g/mol. The monoisotopic (exact) mass is 395 g/mol. The average molecular weight is 396 g/mol. The van der Waals surface area contributed by atoms with E-state index in [0.29, 0.717) is 18.1 Å². The number of carbonyl (C=O) groups is 2. The molecule has 1 aromatic carbocycles. The van der Waals surface area contributed by atoms with Gasteiger partial charge >= 0.3 is 0 Å². The molecule has 1 heterocycles. The Labute approximate surface area is 147 Å². The van der Waals surface area contributed by atoms with Crippen molar-refractivity contribution < 1.29 is 19.1 Å². The molecule has 1 unspecified atom stereocenters. The molecule has 2 amide bonds. The van der Waals surface area contributed by atoms with Crippen LogP contribution in [0.15, 0.2) is 41.0 Å². The van der Waals surface area contributed by atoms with Gasteiger partial charge in [0.1, 0.15) is 17.2 Å². The van der Waals surface area contributed by atoms with Gasteiger partial charge in [0, 0.05) is 10.7 Å². The third kappa shape index (κ3) is 5.02. The molecule has 0 radical (unpaired) electrons. The van der Waals surface area contributed by atoms with Gasteiger partial charge in [0.2, 0.25) is 0 Å². The van der Waals surface area contributed by atoms with Crippen LogP contribution in [0.25, 0.3) is 0 Å². The van der Waals surface area contributed by atoms with E-state index in [0.717, 1.165) is 10.2 Å². The highest BCUT2D eigenvalue weighted by Crippen LogP contribution is 2.18. The van der Waals surface area contributed by atoms with Gasteiger partial charge in [-0.05, 0) is 60.1 Å². The van der Waals surface area contributed by atoms with Gasteiger partial charge in [-0.2, -0.15) is 0 Å². The Morgan fingerprint density at radius 3 is 2.46 bits per heavy atom. The summed E-state index contributed by atoms with van der Waals surface area (Å²) in [6.45, 7) is 4.07. The van der Waals surface area contributed by atoms with Crippen LogP contribution in [-0.4, -0.2) is 29.5 Å². The maximum Gasteiger partial charge on any atom is 0.286 e. The minimum atomic E-state index is -0.779. The molecule has 8 heteroatoms. The first-order valence-electron chi connectivity index (χ1n) is 7.33. The number of hydrazine groups is 1. The van der Waals surface area contributed by atoms with Crippen LogP contribution in [0.1, 0.15) is 24.3 Å². The number of H-pyrrole nitrogens is 1. The van der Waals surface area contributed by atoms with Gasteiger partial charge in [-0.1, -0.05) is 0 Å². The maximum absolute atomic E-state index is 12.0. The van der Waals surface area contributed by atoms with E-state index in [-0.39, 0.29) is 0 Å². The van der Waals surface area contributed by atoms with Crippen LogP contribution in [0.3, 0.4) is 0 Å². The number of hydrogen-bond acceptors (Lipinski definition) is 4. The molecule has 0 aliphatic rings. The SMILES string of the molecule is CCOc1ccc(OC(C)C(=O)NNC(=O)c2cc(Br)c[nH]2)cc1. The molecule has 24 heavy (non-hydrogen) atoms. The average Bonchev–Trinajstić information content (AvgIpc) is 3.01. The molecule has 2 aromatic rings. The fourth-order valence-corrected chi connectivity index (χ4v) is 2.17. The fraction of sp³-hybridized carbons (Fsp3) is 0.250. The summed E-state index contributed by atoms with van der Waals surface area (Å²) in [4.78, 5) is 26.5. The highest BCUT2D eigenvalue weighted by atomic mass is 79.9. The minimum Gasteiger partial charge on any atom is -0.494 e. The summed E-state index contributed by atoms with van der Waals surface area (Å²) in [6.07, 6.45) is 0.840. The number of ether oxygens (including phenoxy) is 2. The Balaban J connectivity index is 1.82. The highest BCUT2D eigenvalue weighted by Gasteiger charge is 2.16. The van der Waals surface area contributed by atoms with Crippen LogP contribution in [0.4, 0.5) is 0 Å². The molecule has 7 nitrogen and oxygen atoms in total. The first-order chi connectivity index (χ1) is 11.5. The van der Waals surface area contributed by atoms with Crippen molar-refractivity contribution in [1.29, 1.82) is 0 Å². The molecule has 0 spiro atoms. The van der Waals surface area contributed by atoms with Crippen LogP contribution in [0, 0.1) is 0 Å². The predicted octanol–water partition coefficient (Wildman–Crippen LogP) is 2.40. The molecule has 0 bridgehead atoms. The van der Waals surface area contributed by atoms with Crippen molar-refractivity contribution in [2.75, 3.05) is 6.61 Å². The number of aromatic amines is 1. The van der Waals surface area contributed by atoms with Gasteiger partial charge < -0.3 is 14.5 Å². The second-order valence-corrected chi connectivity index (χ2v) is 5.76. The molecule has 3 N–H and O–H groups in total. The molecule has 1 atom stereocenters. The number of carbonyl (C=O) groups excluding carboxylic acids is 2. The van der Waals surface area contributed by atoms with Crippen molar-refractivity contribution in [1.82, 2.24) is 15.8 Å². The number of halogens is 1. The van der Waals surface area contributed by atoms with Gasteiger partial charge in [-0.25, -0.2) is 0 Å². The summed E-state index contributed by atoms with van der Waals surface area (Å²) >= 11 is 3.23. The van der Waals surface area contributed by atoms with E-state index in [2.05, 4.69) is 31.8 Å².